The summed E-state index contributed by atoms with van der Waals surface area (Å²) in [6.07, 6.45) is 5.72. The minimum Gasteiger partial charge on any atom is -0.0651 e. The number of hydrogen-bond acceptors (Lipinski definition) is 0. The average molecular weight is 168 g/mol. The molecule has 1 aliphatic rings. The first-order chi connectivity index (χ1) is 5.70. The van der Waals surface area contributed by atoms with Gasteiger partial charge < -0.3 is 0 Å². The Morgan fingerprint density at radius 2 is 1.42 bits per heavy atom. The van der Waals surface area contributed by atoms with Crippen LogP contribution >= 0.6 is 0 Å². The van der Waals surface area contributed by atoms with Gasteiger partial charge >= 0.3 is 0 Å². The highest BCUT2D eigenvalue weighted by atomic mass is 14.4. The van der Waals surface area contributed by atoms with Crippen LogP contribution in [0.15, 0.2) is 0 Å². The van der Waals surface area contributed by atoms with Crippen molar-refractivity contribution in [3.8, 4) is 0 Å². The molecule has 12 heavy (non-hydrogen) atoms. The normalized spacial score (nSPS) is 36.2. The Morgan fingerprint density at radius 1 is 1.00 bits per heavy atom. The van der Waals surface area contributed by atoms with Crippen molar-refractivity contribution in [2.24, 2.45) is 23.7 Å². The van der Waals surface area contributed by atoms with Crippen LogP contribution in [0.3, 0.4) is 0 Å². The van der Waals surface area contributed by atoms with Crippen LogP contribution in [-0.2, 0) is 0 Å². The fourth-order valence-corrected chi connectivity index (χ4v) is 3.23. The molecule has 1 fully saturated rings. The molecule has 0 N–H and O–H groups in total. The summed E-state index contributed by atoms with van der Waals surface area (Å²) in [7, 11) is 0. The van der Waals surface area contributed by atoms with Crippen LogP contribution in [0.1, 0.15) is 53.4 Å². The molecule has 2 atom stereocenters. The molecule has 1 saturated carbocycles. The summed E-state index contributed by atoms with van der Waals surface area (Å²) in [6, 6.07) is 0. The van der Waals surface area contributed by atoms with Crippen molar-refractivity contribution in [2.75, 3.05) is 0 Å². The van der Waals surface area contributed by atoms with Gasteiger partial charge in [0.05, 0.1) is 0 Å². The second-order valence-electron chi connectivity index (χ2n) is 4.69. The molecule has 0 nitrogen and oxygen atoms in total. The molecule has 72 valence electrons. The third kappa shape index (κ3) is 1.84. The SMILES string of the molecule is CCC(CC)C1C(C)CCC1C. The van der Waals surface area contributed by atoms with Crippen LogP contribution in [0.5, 0.6) is 0 Å². The molecule has 0 aliphatic heterocycles. The van der Waals surface area contributed by atoms with E-state index in [1.54, 1.807) is 0 Å². The number of rotatable bonds is 3. The zero-order valence-corrected chi connectivity index (χ0v) is 9.14. The van der Waals surface area contributed by atoms with E-state index in [1.807, 2.05) is 0 Å². The Hall–Kier alpha value is 0. The smallest absolute Gasteiger partial charge is 0.0334 e. The highest BCUT2D eigenvalue weighted by molar-refractivity contribution is 4.84. The molecule has 1 aliphatic carbocycles. The fourth-order valence-electron chi connectivity index (χ4n) is 3.23. The summed E-state index contributed by atoms with van der Waals surface area (Å²) in [5, 5.41) is 0. The summed E-state index contributed by atoms with van der Waals surface area (Å²) in [5.74, 6) is 4.01. The Bertz CT molecular complexity index is 114. The molecular formula is C12H24. The zero-order chi connectivity index (χ0) is 9.14. The van der Waals surface area contributed by atoms with Crippen LogP contribution < -0.4 is 0 Å². The van der Waals surface area contributed by atoms with Gasteiger partial charge in [0.2, 0.25) is 0 Å². The molecule has 0 heteroatoms. The minimum atomic E-state index is 0.991. The summed E-state index contributed by atoms with van der Waals surface area (Å²) in [5.41, 5.74) is 0. The molecule has 0 radical (unpaired) electrons. The van der Waals surface area contributed by atoms with E-state index in [-0.39, 0.29) is 0 Å². The molecule has 0 bridgehead atoms. The van der Waals surface area contributed by atoms with E-state index >= 15 is 0 Å². The average Bonchev–Trinajstić information content (AvgIpc) is 2.38. The monoisotopic (exact) mass is 168 g/mol. The molecule has 2 unspecified atom stereocenters. The van der Waals surface area contributed by atoms with E-state index in [2.05, 4.69) is 27.7 Å². The van der Waals surface area contributed by atoms with Crippen LogP contribution in [0, 0.1) is 23.7 Å². The molecule has 0 spiro atoms. The lowest BCUT2D eigenvalue weighted by atomic mass is 9.77. The maximum atomic E-state index is 2.45. The Balaban J connectivity index is 2.57. The molecule has 1 rings (SSSR count). The maximum Gasteiger partial charge on any atom is -0.0334 e. The third-order valence-corrected chi connectivity index (χ3v) is 3.98. The fraction of sp³-hybridized carbons (Fsp3) is 1.00. The highest BCUT2D eigenvalue weighted by Crippen LogP contribution is 2.43. The van der Waals surface area contributed by atoms with Crippen molar-refractivity contribution in [2.45, 2.75) is 53.4 Å². The third-order valence-electron chi connectivity index (χ3n) is 3.98. The predicted molar refractivity (Wildman–Crippen MR) is 55.1 cm³/mol. The van der Waals surface area contributed by atoms with Gasteiger partial charge in [0.1, 0.15) is 0 Å². The quantitative estimate of drug-likeness (QED) is 0.595. The van der Waals surface area contributed by atoms with E-state index in [0.29, 0.717) is 0 Å². The van der Waals surface area contributed by atoms with E-state index in [9.17, 15) is 0 Å². The van der Waals surface area contributed by atoms with Gasteiger partial charge in [-0.05, 0) is 23.7 Å². The van der Waals surface area contributed by atoms with Crippen LogP contribution in [-0.4, -0.2) is 0 Å². The van der Waals surface area contributed by atoms with Crippen molar-refractivity contribution in [3.63, 3.8) is 0 Å². The van der Waals surface area contributed by atoms with Crippen molar-refractivity contribution >= 4 is 0 Å². The second kappa shape index (κ2) is 4.30. The molecule has 0 saturated heterocycles. The first kappa shape index (κ1) is 10.1. The van der Waals surface area contributed by atoms with Gasteiger partial charge in [0.15, 0.2) is 0 Å². The van der Waals surface area contributed by atoms with Crippen molar-refractivity contribution in [1.29, 1.82) is 0 Å². The van der Waals surface area contributed by atoms with Crippen LogP contribution in [0.4, 0.5) is 0 Å². The molecule has 0 aromatic heterocycles. The van der Waals surface area contributed by atoms with E-state index in [0.717, 1.165) is 23.7 Å². The Kier molecular flexibility index (Phi) is 3.61. The van der Waals surface area contributed by atoms with Crippen LogP contribution in [0.25, 0.3) is 0 Å². The van der Waals surface area contributed by atoms with Gasteiger partial charge in [-0.25, -0.2) is 0 Å². The van der Waals surface area contributed by atoms with Gasteiger partial charge in [-0.15, -0.1) is 0 Å². The van der Waals surface area contributed by atoms with Gasteiger partial charge in [-0.3, -0.25) is 0 Å². The predicted octanol–water partition coefficient (Wildman–Crippen LogP) is 4.10. The number of hydrogen-bond donors (Lipinski definition) is 0. The summed E-state index contributed by atoms with van der Waals surface area (Å²) >= 11 is 0. The summed E-state index contributed by atoms with van der Waals surface area (Å²) < 4.78 is 0. The first-order valence-electron chi connectivity index (χ1n) is 5.70. The standard InChI is InChI=1S/C12H24/c1-5-11(6-2)12-9(3)7-8-10(12)4/h9-12H,5-8H2,1-4H3. The van der Waals surface area contributed by atoms with Crippen molar-refractivity contribution < 1.29 is 0 Å². The van der Waals surface area contributed by atoms with Gasteiger partial charge in [-0.2, -0.15) is 0 Å². The molecule has 0 amide bonds. The molecular weight excluding hydrogens is 144 g/mol. The second-order valence-corrected chi connectivity index (χ2v) is 4.69. The molecule has 0 aromatic rings. The van der Waals surface area contributed by atoms with Gasteiger partial charge in [0, 0.05) is 0 Å². The van der Waals surface area contributed by atoms with E-state index < -0.39 is 0 Å². The molecule has 0 heterocycles. The summed E-state index contributed by atoms with van der Waals surface area (Å²) in [6.45, 7) is 9.61. The Morgan fingerprint density at radius 3 is 1.75 bits per heavy atom. The Labute approximate surface area is 77.7 Å². The van der Waals surface area contributed by atoms with Crippen molar-refractivity contribution in [1.82, 2.24) is 0 Å². The lowest BCUT2D eigenvalue weighted by Gasteiger charge is -2.28. The van der Waals surface area contributed by atoms with Gasteiger partial charge in [0.25, 0.3) is 0 Å². The zero-order valence-electron chi connectivity index (χ0n) is 9.14. The van der Waals surface area contributed by atoms with Crippen LogP contribution in [0.2, 0.25) is 0 Å². The first-order valence-corrected chi connectivity index (χ1v) is 5.70. The molecule has 0 aromatic carbocycles. The lowest BCUT2D eigenvalue weighted by Crippen LogP contribution is -2.20. The summed E-state index contributed by atoms with van der Waals surface area (Å²) in [4.78, 5) is 0. The van der Waals surface area contributed by atoms with E-state index in [1.165, 1.54) is 25.7 Å². The minimum absolute atomic E-state index is 0.991. The highest BCUT2D eigenvalue weighted by Gasteiger charge is 2.34. The maximum absolute atomic E-state index is 2.45. The van der Waals surface area contributed by atoms with Gasteiger partial charge in [-0.1, -0.05) is 53.4 Å². The van der Waals surface area contributed by atoms with E-state index in [4.69, 9.17) is 0 Å². The van der Waals surface area contributed by atoms with Crippen molar-refractivity contribution in [3.05, 3.63) is 0 Å². The topological polar surface area (TPSA) is 0 Å². The largest absolute Gasteiger partial charge is 0.0651 e. The lowest BCUT2D eigenvalue weighted by molar-refractivity contribution is 0.212.